The number of benzene rings is 1. The average Bonchev–Trinajstić information content (AvgIpc) is 2.68. The molecule has 1 N–H and O–H groups in total. The molecule has 3 rings (SSSR count). The van der Waals surface area contributed by atoms with Gasteiger partial charge >= 0.3 is 5.97 Å². The van der Waals surface area contributed by atoms with E-state index in [9.17, 15) is 9.59 Å². The molecule has 1 aromatic carbocycles. The van der Waals surface area contributed by atoms with Crippen LogP contribution in [0.15, 0.2) is 18.2 Å². The van der Waals surface area contributed by atoms with Gasteiger partial charge in [-0.1, -0.05) is 18.2 Å². The Labute approximate surface area is 162 Å². The van der Waals surface area contributed by atoms with Gasteiger partial charge < -0.3 is 10.1 Å². The second-order valence-electron chi connectivity index (χ2n) is 7.85. The lowest BCUT2D eigenvalue weighted by molar-refractivity contribution is -0.150. The maximum atomic E-state index is 12.5. The molecule has 5 heteroatoms. The number of hydrogen-bond acceptors (Lipinski definition) is 4. The van der Waals surface area contributed by atoms with E-state index in [4.69, 9.17) is 4.74 Å². The van der Waals surface area contributed by atoms with Crippen LogP contribution < -0.4 is 5.32 Å². The van der Waals surface area contributed by atoms with Crippen molar-refractivity contribution in [3.05, 3.63) is 34.9 Å². The first-order valence-corrected chi connectivity index (χ1v) is 10.4. The van der Waals surface area contributed by atoms with E-state index in [0.717, 1.165) is 25.8 Å². The summed E-state index contributed by atoms with van der Waals surface area (Å²) in [4.78, 5) is 26.5. The van der Waals surface area contributed by atoms with Crippen molar-refractivity contribution in [3.8, 4) is 0 Å². The Balaban J connectivity index is 1.52. The van der Waals surface area contributed by atoms with Crippen LogP contribution in [0.3, 0.4) is 0 Å². The fourth-order valence-electron chi connectivity index (χ4n) is 4.25. The number of aryl methyl sites for hydroxylation is 2. The lowest BCUT2D eigenvalue weighted by Gasteiger charge is -2.31. The Bertz CT molecular complexity index is 674. The van der Waals surface area contributed by atoms with Crippen LogP contribution in [0.4, 0.5) is 0 Å². The monoisotopic (exact) mass is 372 g/mol. The number of fused-ring (bicyclic) bond motifs is 1. The normalized spacial score (nSPS) is 21.2. The van der Waals surface area contributed by atoms with Crippen molar-refractivity contribution in [2.75, 3.05) is 26.2 Å². The third kappa shape index (κ3) is 5.32. The highest BCUT2D eigenvalue weighted by Gasteiger charge is 2.28. The van der Waals surface area contributed by atoms with Gasteiger partial charge in [0.1, 0.15) is 0 Å². The van der Waals surface area contributed by atoms with Crippen molar-refractivity contribution >= 4 is 11.9 Å². The van der Waals surface area contributed by atoms with E-state index in [1.807, 2.05) is 13.8 Å². The number of nitrogens with one attached hydrogen (secondary N) is 1. The van der Waals surface area contributed by atoms with Gasteiger partial charge in [-0.15, -0.1) is 0 Å². The molecule has 2 unspecified atom stereocenters. The highest BCUT2D eigenvalue weighted by Crippen LogP contribution is 2.25. The van der Waals surface area contributed by atoms with Crippen molar-refractivity contribution in [1.29, 1.82) is 0 Å². The van der Waals surface area contributed by atoms with Crippen LogP contribution in [0.25, 0.3) is 0 Å². The first-order valence-electron chi connectivity index (χ1n) is 10.4. The van der Waals surface area contributed by atoms with Crippen LogP contribution in [0.2, 0.25) is 0 Å². The van der Waals surface area contributed by atoms with Gasteiger partial charge in [-0.2, -0.15) is 0 Å². The van der Waals surface area contributed by atoms with Crippen molar-refractivity contribution in [2.24, 2.45) is 5.92 Å². The molecule has 2 aliphatic rings. The Hall–Kier alpha value is -1.88. The number of nitrogens with zero attached hydrogens (tertiary/aromatic N) is 1. The number of ether oxygens (including phenoxy) is 1. The molecular formula is C22H32N2O3. The molecule has 1 aromatic rings. The van der Waals surface area contributed by atoms with Gasteiger partial charge in [0.05, 0.1) is 25.1 Å². The summed E-state index contributed by atoms with van der Waals surface area (Å²) in [6.07, 6.45) is 6.63. The summed E-state index contributed by atoms with van der Waals surface area (Å²) in [5, 5.41) is 3.12. The summed E-state index contributed by atoms with van der Waals surface area (Å²) in [5.41, 5.74) is 4.07. The van der Waals surface area contributed by atoms with E-state index >= 15 is 0 Å². The minimum Gasteiger partial charge on any atom is -0.466 e. The molecule has 5 nitrogen and oxygen atoms in total. The van der Waals surface area contributed by atoms with Crippen molar-refractivity contribution < 1.29 is 14.3 Å². The fourth-order valence-corrected chi connectivity index (χ4v) is 4.25. The van der Waals surface area contributed by atoms with E-state index in [2.05, 4.69) is 28.4 Å². The second-order valence-corrected chi connectivity index (χ2v) is 7.85. The van der Waals surface area contributed by atoms with Crippen LogP contribution in [-0.4, -0.2) is 43.0 Å². The fraction of sp³-hybridized carbons (Fsp3) is 0.636. The van der Waals surface area contributed by atoms with Crippen LogP contribution in [0, 0.1) is 5.92 Å². The third-order valence-corrected chi connectivity index (χ3v) is 5.74. The molecule has 1 amide bonds. The number of esters is 1. The molecule has 0 bridgehead atoms. The number of likely N-dealkylation sites (tertiary alicyclic amines) is 1. The molecule has 0 aromatic heterocycles. The van der Waals surface area contributed by atoms with Crippen LogP contribution >= 0.6 is 0 Å². The largest absolute Gasteiger partial charge is 0.466 e. The van der Waals surface area contributed by atoms with Crippen LogP contribution in [0.5, 0.6) is 0 Å². The topological polar surface area (TPSA) is 58.6 Å². The van der Waals surface area contributed by atoms with Gasteiger partial charge in [-0.05, 0) is 75.6 Å². The Morgan fingerprint density at radius 3 is 2.78 bits per heavy atom. The zero-order chi connectivity index (χ0) is 19.2. The molecule has 1 heterocycles. The summed E-state index contributed by atoms with van der Waals surface area (Å²) < 4.78 is 5.14. The smallest absolute Gasteiger partial charge is 0.310 e. The Kier molecular flexibility index (Phi) is 6.89. The first-order chi connectivity index (χ1) is 13.1. The van der Waals surface area contributed by atoms with Crippen molar-refractivity contribution in [2.45, 2.75) is 58.4 Å². The molecule has 0 spiro atoms. The third-order valence-electron chi connectivity index (χ3n) is 5.74. The highest BCUT2D eigenvalue weighted by molar-refractivity contribution is 5.79. The SMILES string of the molecule is CCOC(=O)C1CCCN(CC(=O)NC(C)c2ccc3c(c2)CCCC3)C1. The standard InChI is InChI=1S/C22H32N2O3/c1-3-27-22(26)20-9-6-12-24(14-20)15-21(25)23-16(2)18-11-10-17-7-4-5-8-19(17)13-18/h10-11,13,16,20H,3-9,12,14-15H2,1-2H3,(H,23,25). The molecular weight excluding hydrogens is 340 g/mol. The molecule has 1 fully saturated rings. The highest BCUT2D eigenvalue weighted by atomic mass is 16.5. The van der Waals surface area contributed by atoms with Gasteiger partial charge in [-0.3, -0.25) is 14.5 Å². The van der Waals surface area contributed by atoms with Crippen LogP contribution in [-0.2, 0) is 27.2 Å². The quantitative estimate of drug-likeness (QED) is 0.780. The molecule has 148 valence electrons. The summed E-state index contributed by atoms with van der Waals surface area (Å²) in [7, 11) is 0. The number of carbonyl (C=O) groups excluding carboxylic acids is 2. The van der Waals surface area contributed by atoms with E-state index < -0.39 is 0 Å². The zero-order valence-corrected chi connectivity index (χ0v) is 16.6. The van der Waals surface area contributed by atoms with Gasteiger partial charge in [0.2, 0.25) is 5.91 Å². The van der Waals surface area contributed by atoms with Gasteiger partial charge in [0.25, 0.3) is 0 Å². The Morgan fingerprint density at radius 2 is 2.00 bits per heavy atom. The lowest BCUT2D eigenvalue weighted by atomic mass is 9.89. The maximum absolute atomic E-state index is 12.5. The number of amides is 1. The predicted octanol–water partition coefficient (Wildman–Crippen LogP) is 3.02. The lowest BCUT2D eigenvalue weighted by Crippen LogP contribution is -2.45. The van der Waals surface area contributed by atoms with E-state index in [0.29, 0.717) is 19.7 Å². The van der Waals surface area contributed by atoms with E-state index in [-0.39, 0.29) is 23.8 Å². The molecule has 1 aliphatic heterocycles. The Morgan fingerprint density at radius 1 is 1.22 bits per heavy atom. The number of hydrogen-bond donors (Lipinski definition) is 1. The zero-order valence-electron chi connectivity index (χ0n) is 16.6. The summed E-state index contributed by atoms with van der Waals surface area (Å²) in [6, 6.07) is 6.63. The van der Waals surface area contributed by atoms with E-state index in [1.54, 1.807) is 0 Å². The predicted molar refractivity (Wildman–Crippen MR) is 105 cm³/mol. The second kappa shape index (κ2) is 9.36. The number of piperidine rings is 1. The van der Waals surface area contributed by atoms with Gasteiger partial charge in [0.15, 0.2) is 0 Å². The number of carbonyl (C=O) groups is 2. The average molecular weight is 373 g/mol. The molecule has 0 saturated carbocycles. The number of rotatable bonds is 6. The summed E-state index contributed by atoms with van der Waals surface area (Å²) in [6.45, 7) is 6.09. The van der Waals surface area contributed by atoms with Crippen molar-refractivity contribution in [1.82, 2.24) is 10.2 Å². The van der Waals surface area contributed by atoms with Crippen LogP contribution in [0.1, 0.15) is 62.3 Å². The molecule has 0 radical (unpaired) electrons. The summed E-state index contributed by atoms with van der Waals surface area (Å²) >= 11 is 0. The van der Waals surface area contributed by atoms with Gasteiger partial charge in [0, 0.05) is 6.54 Å². The van der Waals surface area contributed by atoms with E-state index in [1.165, 1.54) is 36.0 Å². The maximum Gasteiger partial charge on any atom is 0.310 e. The minimum absolute atomic E-state index is 0.00429. The van der Waals surface area contributed by atoms with Crippen molar-refractivity contribution in [3.63, 3.8) is 0 Å². The van der Waals surface area contributed by atoms with Gasteiger partial charge in [-0.25, -0.2) is 0 Å². The molecule has 2 atom stereocenters. The minimum atomic E-state index is -0.134. The molecule has 27 heavy (non-hydrogen) atoms. The molecule has 1 saturated heterocycles. The summed E-state index contributed by atoms with van der Waals surface area (Å²) in [5.74, 6) is -0.223. The first kappa shape index (κ1) is 19.9. The molecule has 1 aliphatic carbocycles.